The van der Waals surface area contributed by atoms with Gasteiger partial charge in [0.15, 0.2) is 9.84 Å². The molecule has 1 heterocycles. The SMILES string of the molecule is CCCS(=O)(=O)CCN1C(=O)C(C)NC(=O)C1C(C)(C)C. The van der Waals surface area contributed by atoms with Crippen molar-refractivity contribution in [3.8, 4) is 0 Å². The van der Waals surface area contributed by atoms with Crippen molar-refractivity contribution in [3.05, 3.63) is 0 Å². The Kier molecular flexibility index (Phi) is 5.41. The van der Waals surface area contributed by atoms with Crippen LogP contribution in [0.25, 0.3) is 0 Å². The van der Waals surface area contributed by atoms with Gasteiger partial charge in [-0.1, -0.05) is 27.7 Å². The van der Waals surface area contributed by atoms with E-state index in [1.807, 2.05) is 20.8 Å². The molecule has 0 radical (unpaired) electrons. The predicted molar refractivity (Wildman–Crippen MR) is 81.5 cm³/mol. The van der Waals surface area contributed by atoms with Gasteiger partial charge in [-0.25, -0.2) is 8.42 Å². The van der Waals surface area contributed by atoms with Crippen LogP contribution >= 0.6 is 0 Å². The highest BCUT2D eigenvalue weighted by Gasteiger charge is 2.44. The molecule has 2 atom stereocenters. The molecule has 1 saturated heterocycles. The van der Waals surface area contributed by atoms with E-state index in [9.17, 15) is 18.0 Å². The van der Waals surface area contributed by atoms with Crippen molar-refractivity contribution in [2.45, 2.75) is 53.1 Å². The van der Waals surface area contributed by atoms with Gasteiger partial charge in [0.1, 0.15) is 12.1 Å². The average molecular weight is 318 g/mol. The summed E-state index contributed by atoms with van der Waals surface area (Å²) in [6.07, 6.45) is 0.551. The zero-order valence-electron chi connectivity index (χ0n) is 13.5. The van der Waals surface area contributed by atoms with Crippen LogP contribution in [0.2, 0.25) is 0 Å². The summed E-state index contributed by atoms with van der Waals surface area (Å²) in [5.74, 6) is -0.431. The molecule has 0 spiro atoms. The van der Waals surface area contributed by atoms with Crippen LogP contribution in [0.3, 0.4) is 0 Å². The Balaban J connectivity index is 2.97. The van der Waals surface area contributed by atoms with Gasteiger partial charge >= 0.3 is 0 Å². The zero-order chi connectivity index (χ0) is 16.4. The lowest BCUT2D eigenvalue weighted by molar-refractivity contribution is -0.152. The minimum absolute atomic E-state index is 0.0703. The van der Waals surface area contributed by atoms with E-state index in [1.54, 1.807) is 13.8 Å². The van der Waals surface area contributed by atoms with Crippen LogP contribution in [0.15, 0.2) is 0 Å². The Morgan fingerprint density at radius 1 is 1.19 bits per heavy atom. The molecule has 1 N–H and O–H groups in total. The molecule has 0 aromatic carbocycles. The molecule has 1 rings (SSSR count). The summed E-state index contributed by atoms with van der Waals surface area (Å²) < 4.78 is 23.7. The largest absolute Gasteiger partial charge is 0.343 e. The fourth-order valence-corrected chi connectivity index (χ4v) is 3.92. The first-order chi connectivity index (χ1) is 9.49. The molecule has 6 nitrogen and oxygen atoms in total. The quantitative estimate of drug-likeness (QED) is 0.803. The summed E-state index contributed by atoms with van der Waals surface area (Å²) in [7, 11) is -3.18. The van der Waals surface area contributed by atoms with Crippen LogP contribution in [0, 0.1) is 5.41 Å². The highest BCUT2D eigenvalue weighted by atomic mass is 32.2. The second-order valence-electron chi connectivity index (χ2n) is 6.68. The minimum atomic E-state index is -3.18. The number of nitrogens with zero attached hydrogens (tertiary/aromatic N) is 1. The summed E-state index contributed by atoms with van der Waals surface area (Å²) in [6.45, 7) is 9.10. The monoisotopic (exact) mass is 318 g/mol. The number of nitrogens with one attached hydrogen (secondary N) is 1. The maximum Gasteiger partial charge on any atom is 0.245 e. The highest BCUT2D eigenvalue weighted by Crippen LogP contribution is 2.27. The molecule has 1 aliphatic heterocycles. The van der Waals surface area contributed by atoms with Crippen LogP contribution < -0.4 is 5.32 Å². The van der Waals surface area contributed by atoms with Crippen molar-refractivity contribution in [1.29, 1.82) is 0 Å². The maximum absolute atomic E-state index is 12.3. The van der Waals surface area contributed by atoms with E-state index in [0.29, 0.717) is 6.42 Å². The Bertz CT molecular complexity index is 508. The lowest BCUT2D eigenvalue weighted by Crippen LogP contribution is -2.66. The fourth-order valence-electron chi connectivity index (χ4n) is 2.62. The van der Waals surface area contributed by atoms with Gasteiger partial charge in [-0.2, -0.15) is 0 Å². The fraction of sp³-hybridized carbons (Fsp3) is 0.857. The van der Waals surface area contributed by atoms with Gasteiger partial charge in [0.05, 0.1) is 5.75 Å². The van der Waals surface area contributed by atoms with Gasteiger partial charge in [-0.05, 0) is 18.8 Å². The summed E-state index contributed by atoms with van der Waals surface area (Å²) in [5, 5.41) is 2.66. The van der Waals surface area contributed by atoms with E-state index in [4.69, 9.17) is 0 Å². The molecule has 1 aliphatic rings. The Morgan fingerprint density at radius 2 is 1.76 bits per heavy atom. The lowest BCUT2D eigenvalue weighted by Gasteiger charge is -2.44. The van der Waals surface area contributed by atoms with E-state index >= 15 is 0 Å². The van der Waals surface area contributed by atoms with Crippen LogP contribution in [0.5, 0.6) is 0 Å². The summed E-state index contributed by atoms with van der Waals surface area (Å²) in [6, 6.07) is -1.25. The van der Waals surface area contributed by atoms with Crippen LogP contribution in [-0.4, -0.2) is 55.3 Å². The third-order valence-corrected chi connectivity index (χ3v) is 5.39. The van der Waals surface area contributed by atoms with Crippen molar-refractivity contribution >= 4 is 21.7 Å². The standard InChI is InChI=1S/C14H26N2O4S/c1-6-8-21(19,20)9-7-16-11(14(3,4)5)12(17)15-10(2)13(16)18/h10-11H,6-9H2,1-5H3,(H,15,17). The van der Waals surface area contributed by atoms with Gasteiger partial charge < -0.3 is 10.2 Å². The van der Waals surface area contributed by atoms with Crippen LogP contribution in [0.1, 0.15) is 41.0 Å². The van der Waals surface area contributed by atoms with Gasteiger partial charge in [0.2, 0.25) is 11.8 Å². The van der Waals surface area contributed by atoms with E-state index in [1.165, 1.54) is 4.90 Å². The van der Waals surface area contributed by atoms with Crippen molar-refractivity contribution in [3.63, 3.8) is 0 Å². The summed E-state index contributed by atoms with van der Waals surface area (Å²) in [5.41, 5.74) is -0.450. The molecular formula is C14H26N2O4S. The Morgan fingerprint density at radius 3 is 2.24 bits per heavy atom. The van der Waals surface area contributed by atoms with Crippen molar-refractivity contribution < 1.29 is 18.0 Å². The number of rotatable bonds is 5. The van der Waals surface area contributed by atoms with E-state index in [2.05, 4.69) is 5.32 Å². The van der Waals surface area contributed by atoms with Crippen LogP contribution in [-0.2, 0) is 19.4 Å². The van der Waals surface area contributed by atoms with Gasteiger partial charge in [0.25, 0.3) is 0 Å². The molecule has 1 fully saturated rings. The lowest BCUT2D eigenvalue weighted by atomic mass is 9.83. The first kappa shape index (κ1) is 17.9. The second-order valence-corrected chi connectivity index (χ2v) is 8.99. The number of hydrogen-bond acceptors (Lipinski definition) is 4. The molecule has 2 unspecified atom stereocenters. The molecule has 0 bridgehead atoms. The molecule has 122 valence electrons. The topological polar surface area (TPSA) is 83.6 Å². The highest BCUT2D eigenvalue weighted by molar-refractivity contribution is 7.91. The molecule has 0 saturated carbocycles. The maximum atomic E-state index is 12.3. The number of amides is 2. The third-order valence-electron chi connectivity index (χ3n) is 3.55. The van der Waals surface area contributed by atoms with Crippen molar-refractivity contribution in [1.82, 2.24) is 10.2 Å². The Labute approximate surface area is 127 Å². The number of piperazine rings is 1. The van der Waals surface area contributed by atoms with E-state index in [0.717, 1.165) is 0 Å². The third kappa shape index (κ3) is 4.43. The zero-order valence-corrected chi connectivity index (χ0v) is 14.3. The molecule has 0 aromatic heterocycles. The number of sulfone groups is 1. The minimum Gasteiger partial charge on any atom is -0.343 e. The normalized spacial score (nSPS) is 24.1. The molecule has 2 amide bonds. The number of carbonyl (C=O) groups excluding carboxylic acids is 2. The first-order valence-electron chi connectivity index (χ1n) is 7.31. The first-order valence-corrected chi connectivity index (χ1v) is 9.13. The van der Waals surface area contributed by atoms with Crippen LogP contribution in [0.4, 0.5) is 0 Å². The molecule has 0 aromatic rings. The Hall–Kier alpha value is -1.11. The van der Waals surface area contributed by atoms with Gasteiger partial charge in [-0.3, -0.25) is 9.59 Å². The molecular weight excluding hydrogens is 292 g/mol. The second kappa shape index (κ2) is 6.34. The van der Waals surface area contributed by atoms with Crippen molar-refractivity contribution in [2.24, 2.45) is 5.41 Å². The number of hydrogen-bond donors (Lipinski definition) is 1. The summed E-state index contributed by atoms with van der Waals surface area (Å²) in [4.78, 5) is 25.9. The average Bonchev–Trinajstić information content (AvgIpc) is 2.30. The molecule has 0 aliphatic carbocycles. The van der Waals surface area contributed by atoms with Gasteiger partial charge in [-0.15, -0.1) is 0 Å². The predicted octanol–water partition coefficient (Wildman–Crippen LogP) is 0.573. The van der Waals surface area contributed by atoms with E-state index in [-0.39, 0.29) is 29.9 Å². The molecule has 21 heavy (non-hydrogen) atoms. The van der Waals surface area contributed by atoms with E-state index < -0.39 is 27.3 Å². The van der Waals surface area contributed by atoms with Gasteiger partial charge in [0, 0.05) is 12.3 Å². The molecule has 7 heteroatoms. The van der Waals surface area contributed by atoms with Crippen molar-refractivity contribution in [2.75, 3.05) is 18.1 Å². The smallest absolute Gasteiger partial charge is 0.245 e. The summed E-state index contributed by atoms with van der Waals surface area (Å²) >= 11 is 0. The number of carbonyl (C=O) groups is 2.